The number of ketones is 1. The molecule has 2 unspecified atom stereocenters. The van der Waals surface area contributed by atoms with Gasteiger partial charge in [0, 0.05) is 19.2 Å². The number of ether oxygens (including phenoxy) is 2. The molecule has 3 rings (SSSR count). The molecule has 0 aromatic heterocycles. The molecule has 9 heteroatoms. The van der Waals surface area contributed by atoms with Crippen LogP contribution in [0.5, 0.6) is 0 Å². The number of quaternary nitrogens is 1. The first-order chi connectivity index (χ1) is 12.0. The molecule has 136 valence electrons. The van der Waals surface area contributed by atoms with Crippen molar-refractivity contribution in [2.24, 2.45) is 5.73 Å². The van der Waals surface area contributed by atoms with Gasteiger partial charge in [0.15, 0.2) is 18.8 Å². The number of nitrogens with zero attached hydrogens (tertiary/aromatic N) is 2. The first-order valence-electron chi connectivity index (χ1n) is 8.17. The van der Waals surface area contributed by atoms with Crippen molar-refractivity contribution in [2.75, 3.05) is 52.7 Å². The van der Waals surface area contributed by atoms with E-state index in [9.17, 15) is 19.5 Å². The van der Waals surface area contributed by atoms with E-state index in [1.54, 1.807) is 12.2 Å². The Morgan fingerprint density at radius 2 is 2.12 bits per heavy atom. The molecule has 1 amide bonds. The second kappa shape index (κ2) is 7.14. The van der Waals surface area contributed by atoms with Gasteiger partial charge in [-0.1, -0.05) is 6.08 Å². The van der Waals surface area contributed by atoms with Crippen molar-refractivity contribution in [3.05, 3.63) is 23.4 Å². The molecule has 0 spiro atoms. The highest BCUT2D eigenvalue weighted by atomic mass is 16.5. The predicted molar refractivity (Wildman–Crippen MR) is 85.0 cm³/mol. The number of allylic oxidation sites excluding steroid dienone is 2. The van der Waals surface area contributed by atoms with E-state index < -0.39 is 28.9 Å². The van der Waals surface area contributed by atoms with E-state index in [0.29, 0.717) is 19.9 Å². The van der Waals surface area contributed by atoms with E-state index in [4.69, 9.17) is 15.2 Å². The third-order valence-corrected chi connectivity index (χ3v) is 4.87. The normalized spacial score (nSPS) is 31.0. The summed E-state index contributed by atoms with van der Waals surface area (Å²) in [6, 6.07) is -0.619. The lowest BCUT2D eigenvalue weighted by atomic mass is 9.91. The van der Waals surface area contributed by atoms with Crippen LogP contribution in [0.4, 0.5) is 0 Å². The first kappa shape index (κ1) is 17.9. The molecule has 2 atom stereocenters. The first-order valence-corrected chi connectivity index (χ1v) is 8.17. The van der Waals surface area contributed by atoms with Gasteiger partial charge in [-0.3, -0.25) is 9.69 Å². The summed E-state index contributed by atoms with van der Waals surface area (Å²) in [6.07, 6.45) is 3.27. The molecule has 9 nitrogen and oxygen atoms in total. The number of aliphatic carboxylic acids is 1. The molecule has 2 fully saturated rings. The topological polar surface area (TPSA) is 119 Å². The van der Waals surface area contributed by atoms with Crippen LogP contribution in [0.15, 0.2) is 23.4 Å². The van der Waals surface area contributed by atoms with Crippen LogP contribution < -0.4 is 5.73 Å². The van der Waals surface area contributed by atoms with Gasteiger partial charge in [0.1, 0.15) is 12.6 Å². The molecule has 0 radical (unpaired) electrons. The lowest BCUT2D eigenvalue weighted by Gasteiger charge is -2.40. The molecule has 2 heterocycles. The van der Waals surface area contributed by atoms with Crippen LogP contribution in [0.25, 0.3) is 0 Å². The molecule has 0 saturated carbocycles. The fraction of sp³-hybridized carbons (Fsp3) is 0.562. The molecule has 1 aliphatic carbocycles. The maximum Gasteiger partial charge on any atom is 0.360 e. The quantitative estimate of drug-likeness (QED) is 0.571. The number of hydrogen-bond donors (Lipinski definition) is 2. The highest BCUT2D eigenvalue weighted by Crippen LogP contribution is 2.30. The fourth-order valence-corrected chi connectivity index (χ4v) is 3.60. The van der Waals surface area contributed by atoms with Crippen molar-refractivity contribution in [3.63, 3.8) is 0 Å². The summed E-state index contributed by atoms with van der Waals surface area (Å²) in [7, 11) is 0. The number of carbonyl (C=O) groups excluding carboxylic acids is 2. The molecule has 3 N–H and O–H groups in total. The highest BCUT2D eigenvalue weighted by molar-refractivity contribution is 6.03. The molecule has 2 saturated heterocycles. The van der Waals surface area contributed by atoms with Gasteiger partial charge in [0.05, 0.1) is 19.9 Å². The van der Waals surface area contributed by atoms with Gasteiger partial charge in [-0.05, 0) is 5.57 Å². The minimum Gasteiger partial charge on any atom is -0.477 e. The Labute approximate surface area is 144 Å². The lowest BCUT2D eigenvalue weighted by Crippen LogP contribution is -2.63. The summed E-state index contributed by atoms with van der Waals surface area (Å²) >= 11 is 0. The number of amides is 1. The van der Waals surface area contributed by atoms with Crippen molar-refractivity contribution in [2.45, 2.75) is 6.04 Å². The summed E-state index contributed by atoms with van der Waals surface area (Å²) in [4.78, 5) is 39.1. The van der Waals surface area contributed by atoms with Crippen molar-refractivity contribution in [1.29, 1.82) is 0 Å². The number of carboxylic acid groups (broad SMARTS) is 1. The third-order valence-electron chi connectivity index (χ3n) is 4.87. The van der Waals surface area contributed by atoms with Crippen molar-refractivity contribution in [1.82, 2.24) is 4.90 Å². The highest BCUT2D eigenvalue weighted by Gasteiger charge is 2.51. The molecular weight excluding hydrogens is 330 g/mol. The maximum absolute atomic E-state index is 13.2. The predicted octanol–water partition coefficient (Wildman–Crippen LogP) is -1.55. The van der Waals surface area contributed by atoms with Gasteiger partial charge in [-0.25, -0.2) is 14.1 Å². The minimum absolute atomic E-state index is 0.123. The molecule has 25 heavy (non-hydrogen) atoms. The number of carboxylic acids is 1. The number of morpholine rings is 1. The Morgan fingerprint density at radius 1 is 1.32 bits per heavy atom. The monoisotopic (exact) mass is 352 g/mol. The van der Waals surface area contributed by atoms with Gasteiger partial charge in [-0.2, -0.15) is 0 Å². The van der Waals surface area contributed by atoms with Crippen LogP contribution in [-0.2, 0) is 23.9 Å². The van der Waals surface area contributed by atoms with Gasteiger partial charge in [-0.15, -0.1) is 0 Å². The van der Waals surface area contributed by atoms with Crippen LogP contribution in [0.3, 0.4) is 0 Å². The SMILES string of the molecule is NCC1=CC=C([N+]2(CC(=O)O)CCOCC2=O)C(=O)C1N1CCOC1. The zero-order valence-corrected chi connectivity index (χ0v) is 13.8. The Kier molecular flexibility index (Phi) is 5.11. The minimum atomic E-state index is -1.14. The van der Waals surface area contributed by atoms with Crippen molar-refractivity contribution in [3.8, 4) is 0 Å². The van der Waals surface area contributed by atoms with E-state index >= 15 is 0 Å². The number of nitrogens with two attached hydrogens (primary N) is 1. The second-order valence-electron chi connectivity index (χ2n) is 6.30. The standard InChI is InChI=1S/C16H21N3O6/c17-7-11-1-2-12(16(23)15(11)18-3-5-25-10-18)19(8-14(21)22)4-6-24-9-13(19)20/h1-2,15H,3-10,17H2/p+1. The van der Waals surface area contributed by atoms with Gasteiger partial charge in [0.25, 0.3) is 0 Å². The summed E-state index contributed by atoms with van der Waals surface area (Å²) in [5, 5.41) is 9.33. The maximum atomic E-state index is 13.2. The number of Topliss-reactive ketones (excluding diaryl/α,β-unsaturated/α-hetero) is 1. The summed E-state index contributed by atoms with van der Waals surface area (Å²) < 4.78 is 9.97. The van der Waals surface area contributed by atoms with Crippen LogP contribution >= 0.6 is 0 Å². The van der Waals surface area contributed by atoms with Crippen molar-refractivity contribution < 1.29 is 33.4 Å². The largest absolute Gasteiger partial charge is 0.477 e. The Morgan fingerprint density at radius 3 is 2.72 bits per heavy atom. The molecule has 0 aromatic carbocycles. The van der Waals surface area contributed by atoms with E-state index in [2.05, 4.69) is 0 Å². The summed E-state index contributed by atoms with van der Waals surface area (Å²) in [5.74, 6) is -1.85. The van der Waals surface area contributed by atoms with E-state index in [-0.39, 0.29) is 37.8 Å². The third kappa shape index (κ3) is 3.16. The average molecular weight is 352 g/mol. The molecule has 2 aliphatic heterocycles. The molecular formula is C16H22N3O6+. The second-order valence-corrected chi connectivity index (χ2v) is 6.30. The van der Waals surface area contributed by atoms with Crippen LogP contribution in [-0.4, -0.2) is 90.9 Å². The lowest BCUT2D eigenvalue weighted by molar-refractivity contribution is -0.811. The van der Waals surface area contributed by atoms with Gasteiger partial charge in [0.2, 0.25) is 5.78 Å². The smallest absolute Gasteiger partial charge is 0.360 e. The molecule has 3 aliphatic rings. The molecule has 0 aromatic rings. The number of rotatable bonds is 5. The van der Waals surface area contributed by atoms with E-state index in [1.807, 2.05) is 4.90 Å². The van der Waals surface area contributed by atoms with E-state index in [0.717, 1.165) is 5.57 Å². The van der Waals surface area contributed by atoms with Crippen molar-refractivity contribution >= 4 is 17.7 Å². The van der Waals surface area contributed by atoms with E-state index in [1.165, 1.54) is 0 Å². The van der Waals surface area contributed by atoms with Crippen LogP contribution in [0, 0.1) is 0 Å². The fourth-order valence-electron chi connectivity index (χ4n) is 3.60. The average Bonchev–Trinajstić information content (AvgIpc) is 3.10. The Bertz CT molecular complexity index is 652. The Balaban J connectivity index is 2.02. The molecule has 0 bridgehead atoms. The summed E-state index contributed by atoms with van der Waals surface area (Å²) in [6.45, 7) is 1.26. The zero-order chi connectivity index (χ0) is 18.0. The van der Waals surface area contributed by atoms with Gasteiger partial charge >= 0.3 is 11.9 Å². The van der Waals surface area contributed by atoms with Crippen LogP contribution in [0.2, 0.25) is 0 Å². The number of hydrogen-bond acceptors (Lipinski definition) is 7. The van der Waals surface area contributed by atoms with Gasteiger partial charge < -0.3 is 20.3 Å². The zero-order valence-electron chi connectivity index (χ0n) is 13.8. The number of carbonyl (C=O) groups is 3. The van der Waals surface area contributed by atoms with Crippen LogP contribution in [0.1, 0.15) is 0 Å². The Hall–Kier alpha value is -1.91. The summed E-state index contributed by atoms with van der Waals surface area (Å²) in [5.41, 5.74) is 6.70.